The zero-order valence-corrected chi connectivity index (χ0v) is 14.6. The highest BCUT2D eigenvalue weighted by atomic mass is 16.6. The van der Waals surface area contributed by atoms with Crippen molar-refractivity contribution in [1.82, 2.24) is 0 Å². The van der Waals surface area contributed by atoms with Gasteiger partial charge in [-0.2, -0.15) is 0 Å². The molecule has 1 saturated heterocycles. The number of rotatable bonds is 3. The third kappa shape index (κ3) is 1.93. The van der Waals surface area contributed by atoms with Gasteiger partial charge < -0.3 is 13.9 Å². The molecule has 4 nitrogen and oxygen atoms in total. The molecular formula is C23H18O4. The van der Waals surface area contributed by atoms with Crippen LogP contribution in [0, 0.1) is 0 Å². The average molecular weight is 358 g/mol. The highest BCUT2D eigenvalue weighted by molar-refractivity contribution is 6.09. The zero-order valence-electron chi connectivity index (χ0n) is 14.6. The van der Waals surface area contributed by atoms with E-state index in [1.54, 1.807) is 24.5 Å². The first-order valence-electron chi connectivity index (χ1n) is 8.90. The minimum atomic E-state index is -1.31. The molecule has 3 heterocycles. The van der Waals surface area contributed by atoms with Gasteiger partial charge in [0.2, 0.25) is 11.4 Å². The van der Waals surface area contributed by atoms with Crippen molar-refractivity contribution in [2.45, 2.75) is 17.1 Å². The molecule has 0 aliphatic carbocycles. The van der Waals surface area contributed by atoms with Gasteiger partial charge in [-0.25, -0.2) is 0 Å². The summed E-state index contributed by atoms with van der Waals surface area (Å²) < 4.78 is 18.4. The van der Waals surface area contributed by atoms with Gasteiger partial charge in [0.05, 0.1) is 18.4 Å². The molecule has 0 N–H and O–H groups in total. The molecule has 0 amide bonds. The number of carbonyl (C=O) groups excluding carboxylic acids is 1. The van der Waals surface area contributed by atoms with Crippen LogP contribution in [0.5, 0.6) is 5.75 Å². The van der Waals surface area contributed by atoms with Crippen LogP contribution in [0.4, 0.5) is 0 Å². The minimum Gasteiger partial charge on any atom is -0.474 e. The molecule has 1 aromatic heterocycles. The monoisotopic (exact) mass is 358 g/mol. The van der Waals surface area contributed by atoms with Gasteiger partial charge in [-0.05, 0) is 29.8 Å². The third-order valence-corrected chi connectivity index (χ3v) is 5.66. The predicted molar refractivity (Wildman–Crippen MR) is 99.8 cm³/mol. The Morgan fingerprint density at radius 1 is 1.00 bits per heavy atom. The molecule has 0 saturated carbocycles. The molecule has 1 fully saturated rings. The molecule has 5 rings (SSSR count). The van der Waals surface area contributed by atoms with Crippen molar-refractivity contribution in [1.29, 1.82) is 0 Å². The molecule has 1 spiro atoms. The van der Waals surface area contributed by atoms with E-state index in [0.29, 0.717) is 17.1 Å². The Balaban J connectivity index is 1.78. The molecule has 0 unspecified atom stereocenters. The van der Waals surface area contributed by atoms with E-state index >= 15 is 0 Å². The minimum absolute atomic E-state index is 0.110. The summed E-state index contributed by atoms with van der Waals surface area (Å²) in [5, 5.41) is 0. The normalized spacial score (nSPS) is 28.9. The second-order valence-electron chi connectivity index (χ2n) is 6.92. The molecule has 2 aromatic carbocycles. The maximum Gasteiger partial charge on any atom is 0.220 e. The lowest BCUT2D eigenvalue weighted by molar-refractivity contribution is -0.00864. The van der Waals surface area contributed by atoms with Gasteiger partial charge >= 0.3 is 0 Å². The van der Waals surface area contributed by atoms with Crippen LogP contribution in [-0.4, -0.2) is 18.0 Å². The predicted octanol–water partition coefficient (Wildman–Crippen LogP) is 4.49. The molecular weight excluding hydrogens is 340 g/mol. The van der Waals surface area contributed by atoms with Gasteiger partial charge in [0.1, 0.15) is 23.0 Å². The van der Waals surface area contributed by atoms with Crippen LogP contribution >= 0.6 is 0 Å². The van der Waals surface area contributed by atoms with Gasteiger partial charge in [-0.15, -0.1) is 6.58 Å². The van der Waals surface area contributed by atoms with E-state index in [0.717, 1.165) is 5.56 Å². The highest BCUT2D eigenvalue weighted by Gasteiger charge is 2.71. The zero-order chi connectivity index (χ0) is 18.5. The van der Waals surface area contributed by atoms with Gasteiger partial charge in [-0.3, -0.25) is 4.79 Å². The van der Waals surface area contributed by atoms with E-state index in [4.69, 9.17) is 13.9 Å². The Morgan fingerprint density at radius 3 is 2.48 bits per heavy atom. The van der Waals surface area contributed by atoms with E-state index in [9.17, 15) is 4.79 Å². The van der Waals surface area contributed by atoms with Crippen LogP contribution in [0.1, 0.15) is 27.8 Å². The van der Waals surface area contributed by atoms with E-state index in [1.807, 2.05) is 54.6 Å². The molecule has 0 radical (unpaired) electrons. The van der Waals surface area contributed by atoms with Crippen LogP contribution in [0.2, 0.25) is 0 Å². The number of ketones is 1. The van der Waals surface area contributed by atoms with Crippen molar-refractivity contribution in [3.8, 4) is 5.75 Å². The van der Waals surface area contributed by atoms with Gasteiger partial charge in [-0.1, -0.05) is 48.5 Å². The average Bonchev–Trinajstić information content (AvgIpc) is 3.42. The SMILES string of the molecule is C=C[C@]1(c2ccco2)CO[C@@H](c2ccccc2)[C@@]12Oc1ccccc1C2=O. The lowest BCUT2D eigenvalue weighted by Crippen LogP contribution is -2.57. The van der Waals surface area contributed by atoms with Crippen LogP contribution in [0.15, 0.2) is 90.1 Å². The van der Waals surface area contributed by atoms with Gasteiger partial charge in [0.15, 0.2) is 0 Å². The summed E-state index contributed by atoms with van der Waals surface area (Å²) in [4.78, 5) is 13.8. The van der Waals surface area contributed by atoms with Crippen molar-refractivity contribution < 1.29 is 18.7 Å². The fourth-order valence-electron chi connectivity index (χ4n) is 4.36. The summed E-state index contributed by atoms with van der Waals surface area (Å²) in [5.41, 5.74) is -0.805. The van der Waals surface area contributed by atoms with Crippen molar-refractivity contribution in [3.63, 3.8) is 0 Å². The lowest BCUT2D eigenvalue weighted by Gasteiger charge is -2.38. The van der Waals surface area contributed by atoms with E-state index in [1.165, 1.54) is 0 Å². The number of hydrogen-bond acceptors (Lipinski definition) is 4. The fraction of sp³-hybridized carbons (Fsp3) is 0.174. The maximum atomic E-state index is 13.8. The smallest absolute Gasteiger partial charge is 0.220 e. The van der Waals surface area contributed by atoms with Gasteiger partial charge in [0.25, 0.3) is 0 Å². The fourth-order valence-corrected chi connectivity index (χ4v) is 4.36. The second-order valence-corrected chi connectivity index (χ2v) is 6.92. The quantitative estimate of drug-likeness (QED) is 0.647. The van der Waals surface area contributed by atoms with Crippen LogP contribution in [-0.2, 0) is 10.2 Å². The molecule has 134 valence electrons. The van der Waals surface area contributed by atoms with Gasteiger partial charge in [0, 0.05) is 0 Å². The molecule has 0 bridgehead atoms. The Hall–Kier alpha value is -3.11. The highest BCUT2D eigenvalue weighted by Crippen LogP contribution is 2.58. The number of hydrogen-bond donors (Lipinski definition) is 0. The van der Waals surface area contributed by atoms with Crippen molar-refractivity contribution in [2.24, 2.45) is 0 Å². The summed E-state index contributed by atoms with van der Waals surface area (Å²) in [6.07, 6.45) is 2.75. The largest absolute Gasteiger partial charge is 0.474 e. The summed E-state index contributed by atoms with van der Waals surface area (Å²) >= 11 is 0. The van der Waals surface area contributed by atoms with Crippen molar-refractivity contribution in [3.05, 3.63) is 103 Å². The number of para-hydroxylation sites is 1. The third-order valence-electron chi connectivity index (χ3n) is 5.66. The second kappa shape index (κ2) is 5.69. The standard InChI is InChI=1S/C23H18O4/c1-2-22(19-13-8-14-25-19)15-26-21(16-9-4-3-5-10-16)23(22)20(24)17-11-6-7-12-18(17)27-23/h2-14,21H,1,15H2/t21-,22+,23+/m0/s1. The Bertz CT molecular complexity index is 1010. The Kier molecular flexibility index (Phi) is 3.39. The molecule has 2 aliphatic heterocycles. The number of ether oxygens (including phenoxy) is 2. The Labute approximate surface area is 157 Å². The topological polar surface area (TPSA) is 48.7 Å². The van der Waals surface area contributed by atoms with Crippen LogP contribution < -0.4 is 4.74 Å². The molecule has 3 aromatic rings. The van der Waals surface area contributed by atoms with Crippen molar-refractivity contribution in [2.75, 3.05) is 6.61 Å². The van der Waals surface area contributed by atoms with Crippen molar-refractivity contribution >= 4 is 5.78 Å². The first-order chi connectivity index (χ1) is 13.2. The lowest BCUT2D eigenvalue weighted by atomic mass is 9.66. The summed E-state index contributed by atoms with van der Waals surface area (Å²) in [6, 6.07) is 20.7. The summed E-state index contributed by atoms with van der Waals surface area (Å²) in [6.45, 7) is 4.28. The van der Waals surface area contributed by atoms with E-state index in [2.05, 4.69) is 6.58 Å². The maximum absolute atomic E-state index is 13.8. The number of Topliss-reactive ketones (excluding diaryl/α,β-unsaturated/α-hetero) is 1. The number of benzene rings is 2. The summed E-state index contributed by atoms with van der Waals surface area (Å²) in [7, 11) is 0. The van der Waals surface area contributed by atoms with E-state index < -0.39 is 17.1 Å². The number of carbonyl (C=O) groups is 1. The molecule has 3 atom stereocenters. The number of furan rings is 1. The number of fused-ring (bicyclic) bond motifs is 1. The summed E-state index contributed by atoms with van der Waals surface area (Å²) in [5.74, 6) is 1.06. The Morgan fingerprint density at radius 2 is 1.78 bits per heavy atom. The van der Waals surface area contributed by atoms with E-state index in [-0.39, 0.29) is 12.4 Å². The molecule has 27 heavy (non-hydrogen) atoms. The van der Waals surface area contributed by atoms with Crippen LogP contribution in [0.3, 0.4) is 0 Å². The first-order valence-corrected chi connectivity index (χ1v) is 8.90. The first kappa shape index (κ1) is 16.1. The molecule has 2 aliphatic rings. The molecule has 4 heteroatoms. The van der Waals surface area contributed by atoms with Crippen LogP contribution in [0.25, 0.3) is 0 Å².